The number of aryl methyl sites for hydroxylation is 1. The summed E-state index contributed by atoms with van der Waals surface area (Å²) >= 11 is 1.14. The van der Waals surface area contributed by atoms with Crippen molar-refractivity contribution >= 4 is 34.4 Å². The first kappa shape index (κ1) is 25.3. The van der Waals surface area contributed by atoms with Crippen LogP contribution in [0.15, 0.2) is 76.7 Å². The second-order valence-corrected chi connectivity index (χ2v) is 9.79. The minimum absolute atomic E-state index is 0.0189. The smallest absolute Gasteiger partial charge is 0.262 e. The molecule has 4 aromatic rings. The lowest BCUT2D eigenvalue weighted by Gasteiger charge is -2.14. The highest BCUT2D eigenvalue weighted by Gasteiger charge is 2.17. The summed E-state index contributed by atoms with van der Waals surface area (Å²) in [5.41, 5.74) is 2.93. The number of Topliss-reactive ketones (excluding diaryl/α,β-unsaturated/α-hetero) is 1. The third-order valence-electron chi connectivity index (χ3n) is 5.56. The normalized spacial score (nSPS) is 11.1. The van der Waals surface area contributed by atoms with E-state index in [2.05, 4.69) is 10.3 Å². The molecule has 1 aromatic heterocycles. The van der Waals surface area contributed by atoms with Gasteiger partial charge in [-0.05, 0) is 68.8 Å². The van der Waals surface area contributed by atoms with Crippen LogP contribution in [0.25, 0.3) is 10.9 Å². The van der Waals surface area contributed by atoms with Crippen LogP contribution in [-0.4, -0.2) is 33.0 Å². The van der Waals surface area contributed by atoms with E-state index in [0.29, 0.717) is 27.2 Å². The van der Waals surface area contributed by atoms with Crippen LogP contribution in [0.3, 0.4) is 0 Å². The summed E-state index contributed by atoms with van der Waals surface area (Å²) in [4.78, 5) is 43.4. The van der Waals surface area contributed by atoms with Gasteiger partial charge in [-0.3, -0.25) is 19.0 Å². The third kappa shape index (κ3) is 5.88. The number of hydrogen-bond donors (Lipinski definition) is 1. The van der Waals surface area contributed by atoms with Crippen LogP contribution in [0.5, 0.6) is 0 Å². The fraction of sp³-hybridized carbons (Fsp3) is 0.214. The standard InChI is InChI=1S/C28H26FN3O3S/c1-17(2)30-26(34)21-10-13-23-24(14-21)31-28(36-16-25(33)20-8-11-22(29)12-9-20)32(27(23)35)15-19-6-4-18(3)5-7-19/h4-14,17H,15-16H2,1-3H3,(H,30,34). The minimum Gasteiger partial charge on any atom is -0.350 e. The molecule has 0 unspecified atom stereocenters. The van der Waals surface area contributed by atoms with Gasteiger partial charge in [0.15, 0.2) is 10.9 Å². The summed E-state index contributed by atoms with van der Waals surface area (Å²) < 4.78 is 14.8. The Morgan fingerprint density at radius 3 is 2.33 bits per heavy atom. The molecule has 4 rings (SSSR count). The van der Waals surface area contributed by atoms with Gasteiger partial charge in [-0.15, -0.1) is 0 Å². The van der Waals surface area contributed by atoms with Gasteiger partial charge in [0, 0.05) is 17.2 Å². The summed E-state index contributed by atoms with van der Waals surface area (Å²) in [5.74, 6) is -0.857. The SMILES string of the molecule is Cc1ccc(Cn2c(SCC(=O)c3ccc(F)cc3)nc3cc(C(=O)NC(C)C)ccc3c2=O)cc1. The van der Waals surface area contributed by atoms with Gasteiger partial charge in [-0.1, -0.05) is 41.6 Å². The van der Waals surface area contributed by atoms with Crippen LogP contribution in [0.2, 0.25) is 0 Å². The summed E-state index contributed by atoms with van der Waals surface area (Å²) in [6, 6.07) is 18.0. The largest absolute Gasteiger partial charge is 0.350 e. The Kier molecular flexibility index (Phi) is 7.64. The molecule has 0 fully saturated rings. The number of nitrogens with one attached hydrogen (secondary N) is 1. The van der Waals surface area contributed by atoms with Gasteiger partial charge in [0.1, 0.15) is 5.82 Å². The molecule has 6 nitrogen and oxygen atoms in total. The Bertz CT molecular complexity index is 1480. The van der Waals surface area contributed by atoms with E-state index in [1.165, 1.54) is 24.3 Å². The summed E-state index contributed by atoms with van der Waals surface area (Å²) in [6.45, 7) is 6.01. The van der Waals surface area contributed by atoms with Gasteiger partial charge < -0.3 is 5.32 Å². The van der Waals surface area contributed by atoms with Crippen molar-refractivity contribution in [3.63, 3.8) is 0 Å². The maximum atomic E-state index is 13.5. The zero-order valence-electron chi connectivity index (χ0n) is 20.2. The first-order valence-electron chi connectivity index (χ1n) is 11.5. The molecule has 0 aliphatic carbocycles. The minimum atomic E-state index is -0.417. The molecule has 0 saturated carbocycles. The van der Waals surface area contributed by atoms with Crippen molar-refractivity contribution in [1.82, 2.24) is 14.9 Å². The molecule has 0 radical (unpaired) electrons. The topological polar surface area (TPSA) is 81.1 Å². The van der Waals surface area contributed by atoms with Gasteiger partial charge in [0.25, 0.3) is 11.5 Å². The lowest BCUT2D eigenvalue weighted by molar-refractivity contribution is 0.0942. The van der Waals surface area contributed by atoms with Crippen LogP contribution in [0.4, 0.5) is 4.39 Å². The first-order valence-corrected chi connectivity index (χ1v) is 12.5. The molecule has 184 valence electrons. The number of fused-ring (bicyclic) bond motifs is 1. The maximum Gasteiger partial charge on any atom is 0.262 e. The van der Waals surface area contributed by atoms with Crippen LogP contribution < -0.4 is 10.9 Å². The van der Waals surface area contributed by atoms with Crippen molar-refractivity contribution in [3.8, 4) is 0 Å². The Balaban J connectivity index is 1.73. The summed E-state index contributed by atoms with van der Waals surface area (Å²) in [7, 11) is 0. The van der Waals surface area contributed by atoms with Crippen LogP contribution in [0, 0.1) is 12.7 Å². The Hall–Kier alpha value is -3.78. The van der Waals surface area contributed by atoms with E-state index < -0.39 is 5.82 Å². The molecule has 0 aliphatic heterocycles. The number of thioether (sulfide) groups is 1. The van der Waals surface area contributed by atoms with Crippen molar-refractivity contribution in [2.75, 3.05) is 5.75 Å². The summed E-state index contributed by atoms with van der Waals surface area (Å²) in [5, 5.41) is 3.59. The second kappa shape index (κ2) is 10.9. The molecule has 8 heteroatoms. The number of nitrogens with zero attached hydrogens (tertiary/aromatic N) is 2. The highest BCUT2D eigenvalue weighted by Crippen LogP contribution is 2.21. The van der Waals surface area contributed by atoms with Crippen LogP contribution >= 0.6 is 11.8 Å². The number of rotatable bonds is 8. The number of aromatic nitrogens is 2. The van der Waals surface area contributed by atoms with Crippen molar-refractivity contribution in [1.29, 1.82) is 0 Å². The molecule has 1 heterocycles. The Morgan fingerprint density at radius 1 is 1.00 bits per heavy atom. The van der Waals surface area contributed by atoms with E-state index in [0.717, 1.165) is 22.9 Å². The molecule has 0 atom stereocenters. The van der Waals surface area contributed by atoms with Crippen molar-refractivity contribution < 1.29 is 14.0 Å². The molecule has 1 amide bonds. The monoisotopic (exact) mass is 503 g/mol. The molecule has 0 bridgehead atoms. The number of amides is 1. The quantitative estimate of drug-likeness (QED) is 0.208. The number of carbonyl (C=O) groups excluding carboxylic acids is 2. The van der Waals surface area contributed by atoms with E-state index >= 15 is 0 Å². The fourth-order valence-electron chi connectivity index (χ4n) is 3.66. The average molecular weight is 504 g/mol. The van der Waals surface area contributed by atoms with Gasteiger partial charge in [-0.25, -0.2) is 9.37 Å². The van der Waals surface area contributed by atoms with Crippen molar-refractivity contribution in [2.45, 2.75) is 38.5 Å². The Labute approximate surface area is 212 Å². The fourth-order valence-corrected chi connectivity index (χ4v) is 4.56. The highest BCUT2D eigenvalue weighted by molar-refractivity contribution is 7.99. The molecular weight excluding hydrogens is 477 g/mol. The lowest BCUT2D eigenvalue weighted by Crippen LogP contribution is -2.30. The zero-order valence-corrected chi connectivity index (χ0v) is 21.1. The number of benzene rings is 3. The lowest BCUT2D eigenvalue weighted by atomic mass is 10.1. The van der Waals surface area contributed by atoms with Gasteiger partial charge >= 0.3 is 0 Å². The highest BCUT2D eigenvalue weighted by atomic mass is 32.2. The van der Waals surface area contributed by atoms with Gasteiger partial charge in [0.05, 0.1) is 23.2 Å². The van der Waals surface area contributed by atoms with Crippen molar-refractivity contribution in [3.05, 3.63) is 105 Å². The number of ketones is 1. The first-order chi connectivity index (χ1) is 17.2. The van der Waals surface area contributed by atoms with E-state index in [1.807, 2.05) is 45.0 Å². The molecule has 3 aromatic carbocycles. The van der Waals surface area contributed by atoms with Gasteiger partial charge in [-0.2, -0.15) is 0 Å². The molecule has 1 N–H and O–H groups in total. The van der Waals surface area contributed by atoms with E-state index in [1.54, 1.807) is 22.8 Å². The molecular formula is C28H26FN3O3S. The van der Waals surface area contributed by atoms with E-state index in [9.17, 15) is 18.8 Å². The maximum absolute atomic E-state index is 13.5. The predicted molar refractivity (Wildman–Crippen MR) is 140 cm³/mol. The Morgan fingerprint density at radius 2 is 1.67 bits per heavy atom. The molecule has 36 heavy (non-hydrogen) atoms. The van der Waals surface area contributed by atoms with Gasteiger partial charge in [0.2, 0.25) is 0 Å². The molecule has 0 saturated heterocycles. The number of carbonyl (C=O) groups is 2. The zero-order chi connectivity index (χ0) is 25.8. The molecule has 0 spiro atoms. The number of hydrogen-bond acceptors (Lipinski definition) is 5. The van der Waals surface area contributed by atoms with Crippen LogP contribution in [0.1, 0.15) is 45.7 Å². The second-order valence-electron chi connectivity index (χ2n) is 8.85. The third-order valence-corrected chi connectivity index (χ3v) is 6.54. The average Bonchev–Trinajstić information content (AvgIpc) is 2.85. The summed E-state index contributed by atoms with van der Waals surface area (Å²) in [6.07, 6.45) is 0. The van der Waals surface area contributed by atoms with Crippen molar-refractivity contribution in [2.24, 2.45) is 0 Å². The predicted octanol–water partition coefficient (Wildman–Crippen LogP) is 5.01. The molecule has 0 aliphatic rings. The van der Waals surface area contributed by atoms with Crippen LogP contribution in [-0.2, 0) is 6.54 Å². The number of halogens is 1. The van der Waals surface area contributed by atoms with E-state index in [-0.39, 0.29) is 35.6 Å². The van der Waals surface area contributed by atoms with E-state index in [4.69, 9.17) is 0 Å².